The minimum absolute atomic E-state index is 0.0675. The number of hydrogen-bond donors (Lipinski definition) is 12. The summed E-state index contributed by atoms with van der Waals surface area (Å²) in [5.41, 5.74) is -0.502. The van der Waals surface area contributed by atoms with E-state index >= 15 is 0 Å². The lowest BCUT2D eigenvalue weighted by Gasteiger charge is -2.45. The van der Waals surface area contributed by atoms with Crippen molar-refractivity contribution in [1.29, 1.82) is 0 Å². The molecule has 7 rings (SSSR count). The third kappa shape index (κ3) is 10.2. The second kappa shape index (κ2) is 19.6. The quantitative estimate of drug-likeness (QED) is 0.0491. The van der Waals surface area contributed by atoms with Crippen LogP contribution in [0.15, 0.2) is 82.0 Å². The highest BCUT2D eigenvalue weighted by molar-refractivity contribution is 5.87. The average Bonchev–Trinajstić information content (AvgIpc) is 3.27. The van der Waals surface area contributed by atoms with E-state index in [4.69, 9.17) is 37.6 Å². The molecule has 1 aromatic heterocycles. The van der Waals surface area contributed by atoms with E-state index in [9.17, 15) is 85.3 Å². The lowest BCUT2D eigenvalue weighted by molar-refractivity contribution is -0.350. The molecule has 3 fully saturated rings. The summed E-state index contributed by atoms with van der Waals surface area (Å²) in [5, 5.41) is 123. The smallest absolute Gasteiger partial charge is 0.335 e. The van der Waals surface area contributed by atoms with Crippen LogP contribution in [0.25, 0.3) is 28.4 Å². The molecule has 0 aliphatic carbocycles. The van der Waals surface area contributed by atoms with E-state index in [2.05, 4.69) is 0 Å². The monoisotopic (exact) mass is 944 g/mol. The molecule has 3 aliphatic rings. The van der Waals surface area contributed by atoms with Crippen molar-refractivity contribution in [3.8, 4) is 34.3 Å². The molecule has 4 heterocycles. The first-order valence-electron chi connectivity index (χ1n) is 19.7. The van der Waals surface area contributed by atoms with Gasteiger partial charge in [-0.05, 0) is 48.0 Å². The van der Waals surface area contributed by atoms with Crippen molar-refractivity contribution in [3.05, 3.63) is 88.6 Å². The number of phenolic OH excluding ortho intramolecular Hbond substituents is 2. The zero-order valence-corrected chi connectivity index (χ0v) is 33.8. The molecule has 15 atom stereocenters. The molecule has 67 heavy (non-hydrogen) atoms. The first-order chi connectivity index (χ1) is 31.7. The van der Waals surface area contributed by atoms with Gasteiger partial charge in [0, 0.05) is 29.8 Å². The minimum Gasteiger partial charge on any atom is -0.508 e. The van der Waals surface area contributed by atoms with Crippen molar-refractivity contribution in [2.75, 3.05) is 0 Å². The van der Waals surface area contributed by atoms with Crippen molar-refractivity contribution in [1.82, 2.24) is 0 Å². The number of rotatable bonds is 13. The van der Waals surface area contributed by atoms with Gasteiger partial charge in [-0.2, -0.15) is 0 Å². The normalized spacial score (nSPS) is 32.1. The van der Waals surface area contributed by atoms with E-state index in [1.54, 1.807) is 0 Å². The lowest BCUT2D eigenvalue weighted by atomic mass is 9.96. The number of aliphatic carboxylic acids is 3. The molecule has 25 nitrogen and oxygen atoms in total. The fourth-order valence-electron chi connectivity index (χ4n) is 7.20. The topological polar surface area (TPSA) is 406 Å². The number of aliphatic hydroxyl groups is 7. The van der Waals surface area contributed by atoms with Gasteiger partial charge in [0.15, 0.2) is 42.2 Å². The number of carbonyl (C=O) groups is 4. The molecule has 0 amide bonds. The molecule has 15 unspecified atom stereocenters. The molecule has 3 aliphatic heterocycles. The summed E-state index contributed by atoms with van der Waals surface area (Å²) in [7, 11) is 0. The molecule has 0 bridgehead atoms. The lowest BCUT2D eigenvalue weighted by Crippen LogP contribution is -2.66. The Kier molecular flexibility index (Phi) is 14.1. The van der Waals surface area contributed by atoms with Gasteiger partial charge in [0.25, 0.3) is 0 Å². The molecule has 12 N–H and O–H groups in total. The summed E-state index contributed by atoms with van der Waals surface area (Å²) in [6.07, 6.45) is -29.4. The van der Waals surface area contributed by atoms with Crippen LogP contribution in [0.4, 0.5) is 0 Å². The van der Waals surface area contributed by atoms with Crippen LogP contribution < -0.4 is 14.9 Å². The highest BCUT2D eigenvalue weighted by atomic mass is 16.8. The minimum atomic E-state index is -2.24. The SMILES string of the molecule is O=C(C=Cc1ccc(O)cc1)OC1C(OC2C(Oc3ccc(-c4cc(=O)c5c(O)cc(OC6OC(C(=O)O)C(O)C(O)C6O)cc5o4)cc3)OC(C(=O)O)C(O)C2O)OC(C(=O)O)C(O)C1O. The Bertz CT molecular complexity index is 2560. The number of phenols is 2. The van der Waals surface area contributed by atoms with Gasteiger partial charge in [0.05, 0.1) is 0 Å². The summed E-state index contributed by atoms with van der Waals surface area (Å²) in [6, 6.07) is 13.6. The molecule has 0 saturated carbocycles. The maximum atomic E-state index is 13.2. The van der Waals surface area contributed by atoms with Crippen LogP contribution in [-0.4, -0.2) is 177 Å². The van der Waals surface area contributed by atoms with E-state index in [0.29, 0.717) is 5.56 Å². The first kappa shape index (κ1) is 48.2. The van der Waals surface area contributed by atoms with Crippen LogP contribution in [0.2, 0.25) is 0 Å². The number of ether oxygens (including phenoxy) is 7. The molecule has 3 saturated heterocycles. The number of carboxylic acid groups (broad SMARTS) is 3. The first-order valence-corrected chi connectivity index (χ1v) is 19.7. The Labute approximate surface area is 373 Å². The van der Waals surface area contributed by atoms with Crippen molar-refractivity contribution in [3.63, 3.8) is 0 Å². The van der Waals surface area contributed by atoms with Gasteiger partial charge in [-0.3, -0.25) is 4.79 Å². The number of aromatic hydroxyl groups is 2. The second-order valence-corrected chi connectivity index (χ2v) is 15.2. The van der Waals surface area contributed by atoms with E-state index in [0.717, 1.165) is 24.3 Å². The van der Waals surface area contributed by atoms with Gasteiger partial charge in [0.1, 0.15) is 82.5 Å². The van der Waals surface area contributed by atoms with Gasteiger partial charge < -0.3 is 98.9 Å². The standard InChI is InChI=1S/C42H40O25/c43-16-6-1-14(2-7-16)3-10-23(46)63-35-29(51)27(49)34(39(58)59)66-42(35)67-36-30(52)28(50)33(38(56)57)65-41(36)60-17-8-4-15(5-9-17)21-13-20(45)24-19(44)11-18(12-22(24)62-21)61-40-31(53)25(47)26(48)32(64-40)37(54)55/h1-13,25-36,40-44,47-53H,(H,54,55)(H,56,57)(H,58,59). The highest BCUT2D eigenvalue weighted by Gasteiger charge is 2.55. The fraction of sp³-hybridized carbons (Fsp3) is 0.357. The van der Waals surface area contributed by atoms with Gasteiger partial charge >= 0.3 is 23.9 Å². The number of fused-ring (bicyclic) bond motifs is 1. The van der Waals surface area contributed by atoms with Gasteiger partial charge in [-0.1, -0.05) is 12.1 Å². The maximum absolute atomic E-state index is 13.2. The zero-order valence-electron chi connectivity index (χ0n) is 33.8. The summed E-state index contributed by atoms with van der Waals surface area (Å²) in [6.45, 7) is 0. The van der Waals surface area contributed by atoms with Crippen LogP contribution in [-0.2, 0) is 42.9 Å². The molecular formula is C42H40O25. The van der Waals surface area contributed by atoms with Crippen LogP contribution in [0.5, 0.6) is 23.0 Å². The zero-order chi connectivity index (χ0) is 48.6. The molecule has 25 heteroatoms. The molecule has 358 valence electrons. The Balaban J connectivity index is 1.13. The predicted molar refractivity (Wildman–Crippen MR) is 214 cm³/mol. The van der Waals surface area contributed by atoms with Crippen molar-refractivity contribution in [2.45, 2.75) is 92.1 Å². The van der Waals surface area contributed by atoms with Crippen LogP contribution in [0.3, 0.4) is 0 Å². The highest BCUT2D eigenvalue weighted by Crippen LogP contribution is 2.36. The number of carbonyl (C=O) groups excluding carboxylic acids is 1. The maximum Gasteiger partial charge on any atom is 0.335 e. The van der Waals surface area contributed by atoms with Crippen molar-refractivity contribution >= 4 is 40.9 Å². The van der Waals surface area contributed by atoms with E-state index < -0.39 is 127 Å². The fourth-order valence-corrected chi connectivity index (χ4v) is 7.20. The Morgan fingerprint density at radius 2 is 1.10 bits per heavy atom. The largest absolute Gasteiger partial charge is 0.508 e. The van der Waals surface area contributed by atoms with Gasteiger partial charge in [-0.15, -0.1) is 0 Å². The molecule has 3 aromatic carbocycles. The Morgan fingerprint density at radius 1 is 0.567 bits per heavy atom. The van der Waals surface area contributed by atoms with Crippen LogP contribution in [0.1, 0.15) is 5.56 Å². The van der Waals surface area contributed by atoms with E-state index in [-0.39, 0.29) is 39.5 Å². The number of esters is 1. The third-order valence-corrected chi connectivity index (χ3v) is 10.7. The second-order valence-electron chi connectivity index (χ2n) is 15.2. The van der Waals surface area contributed by atoms with E-state index in [1.165, 1.54) is 54.6 Å². The average molecular weight is 945 g/mol. The summed E-state index contributed by atoms with van der Waals surface area (Å²) in [5.74, 6) is -7.84. The van der Waals surface area contributed by atoms with Crippen LogP contribution >= 0.6 is 0 Å². The number of benzene rings is 3. The summed E-state index contributed by atoms with van der Waals surface area (Å²) >= 11 is 0. The van der Waals surface area contributed by atoms with Crippen molar-refractivity contribution in [2.24, 2.45) is 0 Å². The summed E-state index contributed by atoms with van der Waals surface area (Å²) in [4.78, 5) is 61.7. The number of carboxylic acids is 3. The van der Waals surface area contributed by atoms with Crippen molar-refractivity contribution < 1.29 is 118 Å². The number of aliphatic hydroxyl groups excluding tert-OH is 7. The Morgan fingerprint density at radius 3 is 1.70 bits per heavy atom. The molecule has 0 radical (unpaired) electrons. The number of hydrogen-bond acceptors (Lipinski definition) is 22. The third-order valence-electron chi connectivity index (χ3n) is 10.7. The van der Waals surface area contributed by atoms with Gasteiger partial charge in [-0.25, -0.2) is 19.2 Å². The van der Waals surface area contributed by atoms with E-state index in [1.807, 2.05) is 0 Å². The predicted octanol–water partition coefficient (Wildman–Crippen LogP) is -2.41. The van der Waals surface area contributed by atoms with Gasteiger partial charge in [0.2, 0.25) is 12.6 Å². The van der Waals surface area contributed by atoms with Crippen LogP contribution in [0, 0.1) is 0 Å². The molecule has 0 spiro atoms. The Hall–Kier alpha value is -6.75. The molecular weight excluding hydrogens is 904 g/mol. The summed E-state index contributed by atoms with van der Waals surface area (Å²) < 4.78 is 44.2. The molecule has 4 aromatic rings.